The minimum absolute atomic E-state index is 0.121. The van der Waals surface area contributed by atoms with Gasteiger partial charge in [-0.1, -0.05) is 122 Å². The van der Waals surface area contributed by atoms with E-state index >= 15 is 0 Å². The lowest BCUT2D eigenvalue weighted by Gasteiger charge is -2.15. The van der Waals surface area contributed by atoms with Crippen LogP contribution in [0.2, 0.25) is 0 Å². The number of carboxylic acids is 1. The lowest BCUT2D eigenvalue weighted by molar-refractivity contribution is -0.147. The van der Waals surface area contributed by atoms with Crippen molar-refractivity contribution in [1.29, 1.82) is 0 Å². The molecule has 0 aromatic carbocycles. The van der Waals surface area contributed by atoms with Crippen LogP contribution in [0.4, 0.5) is 0 Å². The first-order chi connectivity index (χ1) is 23.8. The van der Waals surface area contributed by atoms with Crippen LogP contribution in [0, 0.1) is 0 Å². The quantitative estimate of drug-likeness (QED) is 0.0295. The van der Waals surface area contributed by atoms with Crippen LogP contribution in [0.3, 0.4) is 0 Å². The van der Waals surface area contributed by atoms with Crippen molar-refractivity contribution in [3.8, 4) is 0 Å². The molecular weight excluding hydrogens is 620 g/mol. The molecule has 0 spiro atoms. The number of hydrogen-bond acceptors (Lipinski definition) is 6. The van der Waals surface area contributed by atoms with Gasteiger partial charge in [0.05, 0.1) is 13.2 Å². The number of rotatable bonds is 35. The number of nitrogens with one attached hydrogen (secondary N) is 2. The zero-order valence-electron chi connectivity index (χ0n) is 31.2. The van der Waals surface area contributed by atoms with Crippen molar-refractivity contribution in [1.82, 2.24) is 10.6 Å². The number of aliphatic carboxylic acids is 1. The van der Waals surface area contributed by atoms with Crippen LogP contribution in [0.1, 0.15) is 181 Å². The average Bonchev–Trinajstić information content (AvgIpc) is 3.08. The Morgan fingerprint density at radius 2 is 1.10 bits per heavy atom. The van der Waals surface area contributed by atoms with E-state index in [1.807, 2.05) is 0 Å². The second-order valence-corrected chi connectivity index (χ2v) is 13.4. The molecule has 0 aliphatic heterocycles. The summed E-state index contributed by atoms with van der Waals surface area (Å²) in [5.41, 5.74) is 0. The van der Waals surface area contributed by atoms with Gasteiger partial charge in [0.1, 0.15) is 12.1 Å². The van der Waals surface area contributed by atoms with E-state index < -0.39 is 24.5 Å². The molecule has 49 heavy (non-hydrogen) atoms. The van der Waals surface area contributed by atoms with Gasteiger partial charge in [0, 0.05) is 12.8 Å². The Hall–Kier alpha value is -2.68. The number of carboxylic acid groups (broad SMARTS) is 1. The van der Waals surface area contributed by atoms with Crippen LogP contribution in [0.15, 0.2) is 24.3 Å². The number of esters is 1. The van der Waals surface area contributed by atoms with E-state index in [4.69, 9.17) is 14.9 Å². The van der Waals surface area contributed by atoms with E-state index in [1.165, 1.54) is 83.5 Å². The SMILES string of the molecule is CCCCCCC/C=C\C(CCCCCCC(=O)NCC(=O)NC(CO)C(=O)O)OC(=O)CCCCCCC/C=C\CCCCCCCC. The van der Waals surface area contributed by atoms with Crippen molar-refractivity contribution in [3.05, 3.63) is 24.3 Å². The van der Waals surface area contributed by atoms with Crippen LogP contribution in [-0.4, -0.2) is 59.3 Å². The maximum atomic E-state index is 12.6. The summed E-state index contributed by atoms with van der Waals surface area (Å²) in [6.45, 7) is 3.41. The average molecular weight is 693 g/mol. The molecule has 0 saturated carbocycles. The van der Waals surface area contributed by atoms with Gasteiger partial charge in [-0.2, -0.15) is 0 Å². The monoisotopic (exact) mass is 693 g/mol. The predicted octanol–water partition coefficient (Wildman–Crippen LogP) is 8.87. The topological polar surface area (TPSA) is 142 Å². The maximum absolute atomic E-state index is 12.6. The van der Waals surface area contributed by atoms with Crippen molar-refractivity contribution in [2.75, 3.05) is 13.2 Å². The zero-order valence-corrected chi connectivity index (χ0v) is 31.2. The number of ether oxygens (including phenoxy) is 1. The van der Waals surface area contributed by atoms with Crippen LogP contribution in [0.5, 0.6) is 0 Å². The van der Waals surface area contributed by atoms with Gasteiger partial charge in [-0.25, -0.2) is 4.79 Å². The molecule has 0 aliphatic carbocycles. The molecule has 0 bridgehead atoms. The minimum atomic E-state index is -1.39. The summed E-state index contributed by atoms with van der Waals surface area (Å²) in [7, 11) is 0. The summed E-state index contributed by atoms with van der Waals surface area (Å²) in [5.74, 6) is -2.41. The molecule has 2 amide bonds. The van der Waals surface area contributed by atoms with Gasteiger partial charge in [-0.3, -0.25) is 14.4 Å². The Morgan fingerprint density at radius 3 is 1.65 bits per heavy atom. The van der Waals surface area contributed by atoms with Gasteiger partial charge in [0.25, 0.3) is 0 Å². The fourth-order valence-electron chi connectivity index (χ4n) is 5.56. The van der Waals surface area contributed by atoms with Crippen molar-refractivity contribution in [2.24, 2.45) is 0 Å². The first kappa shape index (κ1) is 46.3. The molecule has 2 atom stereocenters. The highest BCUT2D eigenvalue weighted by Gasteiger charge is 2.18. The van der Waals surface area contributed by atoms with Gasteiger partial charge in [0.2, 0.25) is 11.8 Å². The summed E-state index contributed by atoms with van der Waals surface area (Å²) in [5, 5.41) is 22.5. The Bertz CT molecular complexity index is 890. The van der Waals surface area contributed by atoms with E-state index in [-0.39, 0.29) is 30.9 Å². The van der Waals surface area contributed by atoms with Gasteiger partial charge in [0.15, 0.2) is 0 Å². The molecule has 0 rings (SSSR count). The van der Waals surface area contributed by atoms with E-state index in [2.05, 4.69) is 48.8 Å². The third kappa shape index (κ3) is 32.3. The highest BCUT2D eigenvalue weighted by molar-refractivity contribution is 5.87. The standard InChI is InChI=1S/C40H72N2O7/c1-3-5-7-9-11-12-13-14-15-16-17-18-20-22-28-32-39(46)49-35(29-25-21-19-10-8-6-4-2)30-26-23-24-27-31-37(44)41-33-38(45)42-36(34-43)40(47)48/h14-15,25,29,35-36,43H,3-13,16-24,26-28,30-34H2,1-2H3,(H,41,44)(H,42,45)(H,47,48)/b15-14-,29-25-. The Morgan fingerprint density at radius 1 is 0.612 bits per heavy atom. The molecule has 0 heterocycles. The van der Waals surface area contributed by atoms with Crippen LogP contribution < -0.4 is 10.6 Å². The smallest absolute Gasteiger partial charge is 0.328 e. The molecule has 0 aromatic rings. The van der Waals surface area contributed by atoms with Crippen LogP contribution in [0.25, 0.3) is 0 Å². The normalized spacial score (nSPS) is 12.7. The van der Waals surface area contributed by atoms with Gasteiger partial charge in [-0.05, 0) is 70.3 Å². The molecule has 0 saturated heterocycles. The van der Waals surface area contributed by atoms with Crippen molar-refractivity contribution < 1.29 is 34.1 Å². The number of carbonyl (C=O) groups is 4. The Labute approximate surface area is 298 Å². The highest BCUT2D eigenvalue weighted by atomic mass is 16.5. The van der Waals surface area contributed by atoms with E-state index in [0.717, 1.165) is 64.2 Å². The van der Waals surface area contributed by atoms with E-state index in [0.29, 0.717) is 12.8 Å². The second-order valence-electron chi connectivity index (χ2n) is 13.4. The zero-order chi connectivity index (χ0) is 36.2. The first-order valence-corrected chi connectivity index (χ1v) is 19.7. The largest absolute Gasteiger partial charge is 0.480 e. The summed E-state index contributed by atoms with van der Waals surface area (Å²) in [6, 6.07) is -1.39. The van der Waals surface area contributed by atoms with Gasteiger partial charge >= 0.3 is 11.9 Å². The Balaban J connectivity index is 4.25. The van der Waals surface area contributed by atoms with Gasteiger partial charge < -0.3 is 25.6 Å². The number of amides is 2. The molecule has 2 unspecified atom stereocenters. The molecule has 0 radical (unpaired) electrons. The third-order valence-corrected chi connectivity index (χ3v) is 8.66. The predicted molar refractivity (Wildman–Crippen MR) is 199 cm³/mol. The lowest BCUT2D eigenvalue weighted by atomic mass is 10.1. The molecule has 0 aromatic heterocycles. The summed E-state index contributed by atoms with van der Waals surface area (Å²) < 4.78 is 5.87. The lowest BCUT2D eigenvalue weighted by Crippen LogP contribution is -2.47. The molecule has 0 aliphatic rings. The van der Waals surface area contributed by atoms with E-state index in [9.17, 15) is 19.2 Å². The molecule has 9 heteroatoms. The number of carbonyl (C=O) groups excluding carboxylic acids is 3. The van der Waals surface area contributed by atoms with E-state index in [1.54, 1.807) is 0 Å². The number of aliphatic hydroxyl groups is 1. The van der Waals surface area contributed by atoms with Gasteiger partial charge in [-0.15, -0.1) is 0 Å². The fourth-order valence-corrected chi connectivity index (χ4v) is 5.56. The molecule has 4 N–H and O–H groups in total. The van der Waals surface area contributed by atoms with Crippen molar-refractivity contribution in [2.45, 2.75) is 193 Å². The summed E-state index contributed by atoms with van der Waals surface area (Å²) in [4.78, 5) is 47.3. The Kier molecular flexibility index (Phi) is 33.2. The van der Waals surface area contributed by atoms with Crippen molar-refractivity contribution >= 4 is 23.8 Å². The maximum Gasteiger partial charge on any atom is 0.328 e. The minimum Gasteiger partial charge on any atom is -0.480 e. The summed E-state index contributed by atoms with van der Waals surface area (Å²) in [6.07, 6.45) is 36.5. The number of aliphatic hydroxyl groups excluding tert-OH is 1. The first-order valence-electron chi connectivity index (χ1n) is 19.7. The number of hydrogen-bond donors (Lipinski definition) is 4. The van der Waals surface area contributed by atoms with Crippen molar-refractivity contribution in [3.63, 3.8) is 0 Å². The molecular formula is C40H72N2O7. The molecule has 284 valence electrons. The fraction of sp³-hybridized carbons (Fsp3) is 0.800. The summed E-state index contributed by atoms with van der Waals surface area (Å²) >= 11 is 0. The van der Waals surface area contributed by atoms with Crippen LogP contribution >= 0.6 is 0 Å². The molecule has 0 fully saturated rings. The highest BCUT2D eigenvalue weighted by Crippen LogP contribution is 2.15. The number of allylic oxidation sites excluding steroid dienone is 3. The molecule has 9 nitrogen and oxygen atoms in total. The second kappa shape index (κ2) is 35.2. The number of unbranched alkanes of at least 4 members (excludes halogenated alkanes) is 19. The van der Waals surface area contributed by atoms with Crippen LogP contribution in [-0.2, 0) is 23.9 Å². The third-order valence-electron chi connectivity index (χ3n) is 8.66.